The summed E-state index contributed by atoms with van der Waals surface area (Å²) < 4.78 is 29.2. The SMILES string of the molecule is C=Cc1coc(/C=C(\N=[N+]=[N-])C(=O)OCC)c1.C=Cc1coc(C=O)c1.C=Cc1coc2cc(C(=O)OCC)[nH]c12.CCOC(=O)CN=[N+]=[N-]. The number of nitrogens with zero attached hydrogens (tertiary/aromatic N) is 6. The molecule has 17 nitrogen and oxygen atoms in total. The summed E-state index contributed by atoms with van der Waals surface area (Å²) in [7, 11) is 0. The normalized spacial score (nSPS) is 9.70. The number of carbonyl (C=O) groups excluding carboxylic acids is 4. The Labute approximate surface area is 285 Å². The van der Waals surface area contributed by atoms with Crippen molar-refractivity contribution >= 4 is 59.6 Å². The fourth-order valence-electron chi connectivity index (χ4n) is 3.30. The van der Waals surface area contributed by atoms with E-state index in [1.165, 1.54) is 18.6 Å². The van der Waals surface area contributed by atoms with Gasteiger partial charge in [0, 0.05) is 32.6 Å². The van der Waals surface area contributed by atoms with Crippen LogP contribution in [-0.4, -0.2) is 55.5 Å². The molecule has 0 radical (unpaired) electrons. The van der Waals surface area contributed by atoms with Crippen molar-refractivity contribution in [3.63, 3.8) is 0 Å². The Hall–Kier alpha value is -6.96. The minimum Gasteiger partial charge on any atom is -0.466 e. The number of aromatic amines is 1. The maximum atomic E-state index is 11.4. The number of rotatable bonds is 13. The van der Waals surface area contributed by atoms with Crippen molar-refractivity contribution in [3.05, 3.63) is 117 Å². The topological polar surface area (TPSA) is 249 Å². The van der Waals surface area contributed by atoms with Gasteiger partial charge >= 0.3 is 17.9 Å². The molecule has 0 aromatic carbocycles. The van der Waals surface area contributed by atoms with Gasteiger partial charge in [0.05, 0.1) is 37.9 Å². The highest BCUT2D eigenvalue weighted by molar-refractivity contribution is 5.95. The molecule has 0 fully saturated rings. The van der Waals surface area contributed by atoms with Crippen LogP contribution in [0, 0.1) is 0 Å². The molecular formula is C33H35N7O10. The summed E-state index contributed by atoms with van der Waals surface area (Å²) in [6.07, 6.45) is 11.4. The number of H-pyrrole nitrogens is 1. The lowest BCUT2D eigenvalue weighted by molar-refractivity contribution is -0.141. The van der Waals surface area contributed by atoms with Crippen LogP contribution in [0.1, 0.15) is 64.3 Å². The second-order valence-electron chi connectivity index (χ2n) is 8.76. The van der Waals surface area contributed by atoms with E-state index in [1.807, 2.05) is 0 Å². The van der Waals surface area contributed by atoms with Gasteiger partial charge in [-0.1, -0.05) is 48.2 Å². The van der Waals surface area contributed by atoms with Gasteiger partial charge in [-0.15, -0.1) is 0 Å². The quantitative estimate of drug-likeness (QED) is 0.0267. The van der Waals surface area contributed by atoms with Crippen LogP contribution in [0.25, 0.3) is 56.3 Å². The average Bonchev–Trinajstić information content (AvgIpc) is 3.93. The molecule has 0 saturated heterocycles. The molecule has 262 valence electrons. The third-order valence-electron chi connectivity index (χ3n) is 5.45. The molecule has 0 amide bonds. The summed E-state index contributed by atoms with van der Waals surface area (Å²) in [4.78, 5) is 51.0. The number of aromatic nitrogens is 1. The highest BCUT2D eigenvalue weighted by atomic mass is 16.5. The maximum absolute atomic E-state index is 11.4. The van der Waals surface area contributed by atoms with Gasteiger partial charge in [0.25, 0.3) is 0 Å². The molecule has 0 spiro atoms. The van der Waals surface area contributed by atoms with E-state index in [1.54, 1.807) is 63.5 Å². The third kappa shape index (κ3) is 14.2. The minimum atomic E-state index is -0.693. The van der Waals surface area contributed by atoms with E-state index in [9.17, 15) is 19.2 Å². The molecule has 17 heteroatoms. The summed E-state index contributed by atoms with van der Waals surface area (Å²) in [6.45, 7) is 16.5. The fraction of sp³-hybridized carbons (Fsp3) is 0.212. The number of hydrogen-bond acceptors (Lipinski definition) is 12. The molecule has 0 unspecified atom stereocenters. The lowest BCUT2D eigenvalue weighted by Crippen LogP contribution is -2.06. The van der Waals surface area contributed by atoms with Crippen molar-refractivity contribution in [2.45, 2.75) is 20.8 Å². The number of azide groups is 2. The zero-order valence-electron chi connectivity index (χ0n) is 27.6. The predicted molar refractivity (Wildman–Crippen MR) is 184 cm³/mol. The lowest BCUT2D eigenvalue weighted by atomic mass is 10.3. The molecule has 4 aromatic heterocycles. The van der Waals surface area contributed by atoms with Crippen molar-refractivity contribution in [1.82, 2.24) is 4.98 Å². The van der Waals surface area contributed by atoms with E-state index < -0.39 is 11.9 Å². The first kappa shape index (κ1) is 41.1. The van der Waals surface area contributed by atoms with Crippen LogP contribution in [-0.2, 0) is 23.8 Å². The highest BCUT2D eigenvalue weighted by Crippen LogP contribution is 2.22. The Morgan fingerprint density at radius 3 is 1.96 bits per heavy atom. The van der Waals surface area contributed by atoms with Crippen LogP contribution < -0.4 is 0 Å². The minimum absolute atomic E-state index is 0.153. The molecule has 4 rings (SSSR count). The number of esters is 3. The molecule has 4 heterocycles. The Morgan fingerprint density at radius 2 is 1.46 bits per heavy atom. The molecule has 0 aliphatic rings. The van der Waals surface area contributed by atoms with E-state index in [2.05, 4.69) is 49.5 Å². The van der Waals surface area contributed by atoms with Gasteiger partial charge in [0.2, 0.25) is 0 Å². The number of ether oxygens (including phenoxy) is 3. The summed E-state index contributed by atoms with van der Waals surface area (Å²) >= 11 is 0. The fourth-order valence-corrected chi connectivity index (χ4v) is 3.30. The molecule has 0 aliphatic heterocycles. The molecule has 4 aromatic rings. The van der Waals surface area contributed by atoms with Crippen LogP contribution >= 0.6 is 0 Å². The molecule has 1 N–H and O–H groups in total. The van der Waals surface area contributed by atoms with E-state index in [0.29, 0.717) is 42.3 Å². The Bertz CT molecular complexity index is 1860. The van der Waals surface area contributed by atoms with E-state index in [-0.39, 0.29) is 24.8 Å². The van der Waals surface area contributed by atoms with Crippen molar-refractivity contribution < 1.29 is 46.6 Å². The number of aldehydes is 1. The largest absolute Gasteiger partial charge is 0.466 e. The number of nitrogens with one attached hydrogen (secondary N) is 1. The standard InChI is InChI=1S/C11H11N3O3.C11H11NO3.C7H6O2.C4H7N3O2/c1-3-8-5-9(17-7-8)6-10(13-14-12)11(15)16-4-2;1-3-7-6-15-9-5-8(12-10(7)9)11(13)14-4-2;1-2-6-3-7(4-8)9-5-6;1-2-9-4(8)3-6-7-5/h3,5-7H,1,4H2,2H3;3,5-6,12H,1,4H2,2H3;2-5H,1H2;2-3H2,1H3/b10-6-;;;. The van der Waals surface area contributed by atoms with Crippen molar-refractivity contribution in [2.75, 3.05) is 26.4 Å². The molecule has 0 aliphatic carbocycles. The summed E-state index contributed by atoms with van der Waals surface area (Å²) in [5.74, 6) is -0.837. The second kappa shape index (κ2) is 23.4. The first-order chi connectivity index (χ1) is 24.1. The van der Waals surface area contributed by atoms with E-state index >= 15 is 0 Å². The van der Waals surface area contributed by atoms with E-state index in [0.717, 1.165) is 22.2 Å². The van der Waals surface area contributed by atoms with Crippen molar-refractivity contribution in [2.24, 2.45) is 10.2 Å². The Balaban J connectivity index is 0.000000347. The zero-order valence-corrected chi connectivity index (χ0v) is 27.6. The van der Waals surface area contributed by atoms with Gasteiger partial charge in [-0.25, -0.2) is 9.59 Å². The maximum Gasteiger partial charge on any atom is 0.354 e. The van der Waals surface area contributed by atoms with Gasteiger partial charge in [-0.2, -0.15) is 0 Å². The van der Waals surface area contributed by atoms with Crippen LogP contribution in [0.3, 0.4) is 0 Å². The first-order valence-electron chi connectivity index (χ1n) is 14.5. The number of hydrogen-bond donors (Lipinski definition) is 1. The van der Waals surface area contributed by atoms with Crippen molar-refractivity contribution in [3.8, 4) is 0 Å². The van der Waals surface area contributed by atoms with Gasteiger partial charge in [-0.05, 0) is 50.0 Å². The number of fused-ring (bicyclic) bond motifs is 1. The highest BCUT2D eigenvalue weighted by Gasteiger charge is 2.14. The molecule has 0 bridgehead atoms. The lowest BCUT2D eigenvalue weighted by Gasteiger charge is -1.99. The molecule has 0 atom stereocenters. The van der Waals surface area contributed by atoms with Gasteiger partial charge in [-0.3, -0.25) is 9.59 Å². The molecular weight excluding hydrogens is 654 g/mol. The monoisotopic (exact) mass is 689 g/mol. The molecule has 0 saturated carbocycles. The first-order valence-corrected chi connectivity index (χ1v) is 14.5. The number of carbonyl (C=O) groups is 4. The van der Waals surface area contributed by atoms with Crippen LogP contribution in [0.5, 0.6) is 0 Å². The summed E-state index contributed by atoms with van der Waals surface area (Å²) in [6, 6.07) is 4.90. The zero-order chi connectivity index (χ0) is 37.3. The summed E-state index contributed by atoms with van der Waals surface area (Å²) in [5, 5.41) is 6.25. The van der Waals surface area contributed by atoms with Gasteiger partial charge in [0.1, 0.15) is 30.0 Å². The summed E-state index contributed by atoms with van der Waals surface area (Å²) in [5.41, 5.74) is 20.2. The van der Waals surface area contributed by atoms with Crippen LogP contribution in [0.4, 0.5) is 0 Å². The predicted octanol–water partition coefficient (Wildman–Crippen LogP) is 8.31. The number of furan rings is 3. The third-order valence-corrected chi connectivity index (χ3v) is 5.45. The smallest absolute Gasteiger partial charge is 0.354 e. The van der Waals surface area contributed by atoms with Crippen molar-refractivity contribution in [1.29, 1.82) is 0 Å². The second-order valence-corrected chi connectivity index (χ2v) is 8.76. The Morgan fingerprint density at radius 1 is 0.840 bits per heavy atom. The Kier molecular flexibility index (Phi) is 19.2. The van der Waals surface area contributed by atoms with Gasteiger partial charge in [0.15, 0.2) is 17.6 Å². The van der Waals surface area contributed by atoms with Gasteiger partial charge < -0.3 is 32.4 Å². The van der Waals surface area contributed by atoms with Crippen LogP contribution in [0.15, 0.2) is 85.9 Å². The molecule has 50 heavy (non-hydrogen) atoms. The average molecular weight is 690 g/mol. The van der Waals surface area contributed by atoms with Crippen LogP contribution in [0.2, 0.25) is 0 Å². The van der Waals surface area contributed by atoms with E-state index in [4.69, 9.17) is 33.8 Å².